The summed E-state index contributed by atoms with van der Waals surface area (Å²) in [5.41, 5.74) is 0. The van der Waals surface area contributed by atoms with Gasteiger partial charge in [0.15, 0.2) is 0 Å². The number of terminal acetylenes is 1. The highest BCUT2D eigenvalue weighted by molar-refractivity contribution is 4.87. The molecule has 0 saturated carbocycles. The van der Waals surface area contributed by atoms with Crippen molar-refractivity contribution in [1.29, 1.82) is 0 Å². The largest absolute Gasteiger partial charge is 0.315 e. The Morgan fingerprint density at radius 2 is 2.08 bits per heavy atom. The molecule has 2 nitrogen and oxygen atoms in total. The third-order valence-electron chi connectivity index (χ3n) is 1.79. The highest BCUT2D eigenvalue weighted by Gasteiger charge is 1.97. The number of nitrogens with zero attached hydrogens (tertiary/aromatic N) is 1. The molecule has 0 radical (unpaired) electrons. The van der Waals surface area contributed by atoms with Gasteiger partial charge in [0.05, 0.1) is 6.54 Å². The van der Waals surface area contributed by atoms with Crippen LogP contribution in [0.4, 0.5) is 0 Å². The maximum Gasteiger partial charge on any atom is 0.0599 e. The number of rotatable bonds is 7. The van der Waals surface area contributed by atoms with Crippen LogP contribution >= 0.6 is 0 Å². The van der Waals surface area contributed by atoms with Crippen molar-refractivity contribution in [2.45, 2.75) is 20.3 Å². The summed E-state index contributed by atoms with van der Waals surface area (Å²) in [6, 6.07) is 0. The van der Waals surface area contributed by atoms with Crippen molar-refractivity contribution in [2.75, 3.05) is 32.7 Å². The monoisotopic (exact) mass is 168 g/mol. The van der Waals surface area contributed by atoms with Gasteiger partial charge in [-0.25, -0.2) is 0 Å². The molecule has 0 aromatic rings. The van der Waals surface area contributed by atoms with Gasteiger partial charge >= 0.3 is 0 Å². The summed E-state index contributed by atoms with van der Waals surface area (Å²) in [6.07, 6.45) is 6.42. The summed E-state index contributed by atoms with van der Waals surface area (Å²) in [4.78, 5) is 2.25. The van der Waals surface area contributed by atoms with Crippen molar-refractivity contribution in [3.8, 4) is 12.3 Å². The van der Waals surface area contributed by atoms with E-state index in [-0.39, 0.29) is 0 Å². The highest BCUT2D eigenvalue weighted by Crippen LogP contribution is 1.84. The molecule has 0 unspecified atom stereocenters. The van der Waals surface area contributed by atoms with E-state index in [2.05, 4.69) is 30.0 Å². The second kappa shape index (κ2) is 8.58. The van der Waals surface area contributed by atoms with E-state index in [1.165, 1.54) is 6.42 Å². The van der Waals surface area contributed by atoms with Crippen LogP contribution in [0.5, 0.6) is 0 Å². The van der Waals surface area contributed by atoms with E-state index in [4.69, 9.17) is 6.42 Å². The molecule has 0 bridgehead atoms. The lowest BCUT2D eigenvalue weighted by molar-refractivity contribution is 0.322. The van der Waals surface area contributed by atoms with Gasteiger partial charge in [-0.1, -0.05) is 19.8 Å². The van der Waals surface area contributed by atoms with Gasteiger partial charge in [0.1, 0.15) is 0 Å². The zero-order chi connectivity index (χ0) is 9.23. The van der Waals surface area contributed by atoms with Crippen molar-refractivity contribution >= 4 is 0 Å². The normalized spacial score (nSPS) is 10.2. The van der Waals surface area contributed by atoms with Gasteiger partial charge in [0.25, 0.3) is 0 Å². The Morgan fingerprint density at radius 1 is 1.33 bits per heavy atom. The van der Waals surface area contributed by atoms with Gasteiger partial charge < -0.3 is 5.32 Å². The summed E-state index contributed by atoms with van der Waals surface area (Å²) < 4.78 is 0. The molecule has 0 spiro atoms. The number of nitrogens with one attached hydrogen (secondary N) is 1. The topological polar surface area (TPSA) is 15.3 Å². The summed E-state index contributed by atoms with van der Waals surface area (Å²) in [6.45, 7) is 9.32. The van der Waals surface area contributed by atoms with Gasteiger partial charge in [-0.2, -0.15) is 0 Å². The molecule has 0 aromatic carbocycles. The van der Waals surface area contributed by atoms with Crippen LogP contribution in [-0.2, 0) is 0 Å². The van der Waals surface area contributed by atoms with Crippen LogP contribution in [0.25, 0.3) is 0 Å². The smallest absolute Gasteiger partial charge is 0.0599 e. The molecule has 0 amide bonds. The molecule has 0 fully saturated rings. The molecule has 0 rings (SSSR count). The van der Waals surface area contributed by atoms with Gasteiger partial charge in [-0.3, -0.25) is 4.90 Å². The Labute approximate surface area is 76.3 Å². The van der Waals surface area contributed by atoms with Crippen LogP contribution < -0.4 is 5.32 Å². The Kier molecular flexibility index (Phi) is 8.20. The molecule has 0 atom stereocenters. The maximum atomic E-state index is 5.22. The molecule has 0 aliphatic rings. The van der Waals surface area contributed by atoms with E-state index in [9.17, 15) is 0 Å². The van der Waals surface area contributed by atoms with Gasteiger partial charge in [0, 0.05) is 13.1 Å². The van der Waals surface area contributed by atoms with Crippen molar-refractivity contribution in [3.63, 3.8) is 0 Å². The van der Waals surface area contributed by atoms with Gasteiger partial charge in [-0.15, -0.1) is 6.42 Å². The molecule has 0 saturated heterocycles. The number of hydrogen-bond acceptors (Lipinski definition) is 2. The number of hydrogen-bond donors (Lipinski definition) is 1. The maximum absolute atomic E-state index is 5.22. The minimum Gasteiger partial charge on any atom is -0.315 e. The first-order valence-electron chi connectivity index (χ1n) is 4.71. The fourth-order valence-corrected chi connectivity index (χ4v) is 1.02. The number of likely N-dealkylation sites (N-methyl/N-ethyl adjacent to an activating group) is 1. The predicted octanol–water partition coefficient (Wildman–Crippen LogP) is 0.941. The standard InChI is InChI=1S/C10H20N2/c1-4-7-11-8-10-12(6-3)9-5-2/h2,11H,4,6-10H2,1,3H3. The fourth-order valence-electron chi connectivity index (χ4n) is 1.02. The average molecular weight is 168 g/mol. The molecule has 0 aromatic heterocycles. The summed E-state index contributed by atoms with van der Waals surface area (Å²) in [7, 11) is 0. The Balaban J connectivity index is 3.26. The van der Waals surface area contributed by atoms with E-state index >= 15 is 0 Å². The van der Waals surface area contributed by atoms with Crippen LogP contribution in [0, 0.1) is 12.3 Å². The molecule has 0 heterocycles. The second-order valence-electron chi connectivity index (χ2n) is 2.82. The molecule has 2 heteroatoms. The van der Waals surface area contributed by atoms with Crippen LogP contribution in [-0.4, -0.2) is 37.6 Å². The van der Waals surface area contributed by atoms with Gasteiger partial charge in [0.2, 0.25) is 0 Å². The SMILES string of the molecule is C#CCN(CC)CCNCCC. The van der Waals surface area contributed by atoms with E-state index in [0.717, 1.165) is 32.7 Å². The molecule has 1 N–H and O–H groups in total. The Bertz CT molecular complexity index is 126. The Morgan fingerprint density at radius 3 is 2.58 bits per heavy atom. The van der Waals surface area contributed by atoms with E-state index < -0.39 is 0 Å². The van der Waals surface area contributed by atoms with Crippen LogP contribution in [0.15, 0.2) is 0 Å². The quantitative estimate of drug-likeness (QED) is 0.449. The molecule has 0 aliphatic heterocycles. The summed E-state index contributed by atoms with van der Waals surface area (Å²) >= 11 is 0. The van der Waals surface area contributed by atoms with Crippen molar-refractivity contribution < 1.29 is 0 Å². The van der Waals surface area contributed by atoms with Crippen LogP contribution in [0.2, 0.25) is 0 Å². The van der Waals surface area contributed by atoms with E-state index in [1.807, 2.05) is 0 Å². The van der Waals surface area contributed by atoms with Crippen molar-refractivity contribution in [2.24, 2.45) is 0 Å². The molecular formula is C10H20N2. The van der Waals surface area contributed by atoms with Crippen molar-refractivity contribution in [3.05, 3.63) is 0 Å². The summed E-state index contributed by atoms with van der Waals surface area (Å²) in [5.74, 6) is 2.66. The summed E-state index contributed by atoms with van der Waals surface area (Å²) in [5, 5.41) is 3.35. The molecule has 70 valence electrons. The first-order chi connectivity index (χ1) is 5.85. The zero-order valence-electron chi connectivity index (χ0n) is 8.27. The Hall–Kier alpha value is -0.520. The lowest BCUT2D eigenvalue weighted by Gasteiger charge is -2.17. The third-order valence-corrected chi connectivity index (χ3v) is 1.79. The fraction of sp³-hybridized carbons (Fsp3) is 0.800. The minimum absolute atomic E-state index is 0.768. The lowest BCUT2D eigenvalue weighted by Crippen LogP contribution is -2.32. The minimum atomic E-state index is 0.768. The van der Waals surface area contributed by atoms with Crippen molar-refractivity contribution in [1.82, 2.24) is 10.2 Å². The molecular weight excluding hydrogens is 148 g/mol. The van der Waals surface area contributed by atoms with E-state index in [1.54, 1.807) is 0 Å². The third kappa shape index (κ3) is 6.21. The first-order valence-corrected chi connectivity index (χ1v) is 4.71. The predicted molar refractivity (Wildman–Crippen MR) is 54.1 cm³/mol. The molecule has 12 heavy (non-hydrogen) atoms. The lowest BCUT2D eigenvalue weighted by atomic mass is 10.4. The van der Waals surface area contributed by atoms with Gasteiger partial charge in [-0.05, 0) is 19.5 Å². The van der Waals surface area contributed by atoms with Crippen LogP contribution in [0.1, 0.15) is 20.3 Å². The molecule has 0 aliphatic carbocycles. The first kappa shape index (κ1) is 11.5. The zero-order valence-corrected chi connectivity index (χ0v) is 8.27. The average Bonchev–Trinajstić information content (AvgIpc) is 2.10. The van der Waals surface area contributed by atoms with E-state index in [0.29, 0.717) is 0 Å². The second-order valence-corrected chi connectivity index (χ2v) is 2.82. The van der Waals surface area contributed by atoms with Crippen LogP contribution in [0.3, 0.4) is 0 Å². The highest BCUT2D eigenvalue weighted by atomic mass is 15.1.